The molecule has 10 heteroatoms. The van der Waals surface area contributed by atoms with Gasteiger partial charge in [-0.2, -0.15) is 0 Å². The van der Waals surface area contributed by atoms with Crippen LogP contribution in [0.5, 0.6) is 5.88 Å². The molecule has 1 aromatic rings. The van der Waals surface area contributed by atoms with Gasteiger partial charge in [-0.25, -0.2) is 0 Å². The maximum absolute atomic E-state index is 13.7. The molecule has 2 amide bonds. The molecule has 6 aliphatic rings. The summed E-state index contributed by atoms with van der Waals surface area (Å²) < 4.78 is 11.8. The van der Waals surface area contributed by atoms with E-state index in [0.717, 1.165) is 37.5 Å². The molecule has 0 saturated heterocycles. The van der Waals surface area contributed by atoms with E-state index in [1.54, 1.807) is 25.6 Å². The smallest absolute Gasteiger partial charge is 0.308 e. The summed E-state index contributed by atoms with van der Waals surface area (Å²) in [6, 6.07) is -0.275. The number of ether oxygens (including phenoxy) is 1. The molecular weight excluding hydrogens is 554 g/mol. The van der Waals surface area contributed by atoms with Gasteiger partial charge in [-0.05, 0) is 100 Å². The third-order valence-electron chi connectivity index (χ3n) is 10.4. The third-order valence-corrected chi connectivity index (χ3v) is 11.8. The van der Waals surface area contributed by atoms with E-state index in [0.29, 0.717) is 34.8 Å². The Labute approximate surface area is 252 Å². The van der Waals surface area contributed by atoms with Crippen LogP contribution in [0.15, 0.2) is 21.6 Å². The number of carbonyl (C=O) groups is 3. The molecule has 7 rings (SSSR count). The van der Waals surface area contributed by atoms with Gasteiger partial charge < -0.3 is 25.0 Å². The first-order valence-electron chi connectivity index (χ1n) is 16.0. The summed E-state index contributed by atoms with van der Waals surface area (Å²) in [6.45, 7) is 3.55. The number of hydrogen-bond acceptors (Lipinski definition) is 7. The number of hydrogen-bond donors (Lipinski definition) is 3. The van der Waals surface area contributed by atoms with Crippen LogP contribution in [0.25, 0.3) is 0 Å². The first-order valence-corrected chi connectivity index (χ1v) is 16.8. The highest BCUT2D eigenvalue weighted by Crippen LogP contribution is 2.54. The number of nitrogens with zero attached hydrogens (tertiary/aromatic N) is 1. The largest absolute Gasteiger partial charge is 0.481 e. The predicted molar refractivity (Wildman–Crippen MR) is 158 cm³/mol. The van der Waals surface area contributed by atoms with E-state index in [9.17, 15) is 19.5 Å². The maximum atomic E-state index is 13.7. The minimum atomic E-state index is -0.960. The van der Waals surface area contributed by atoms with Gasteiger partial charge in [0.05, 0.1) is 11.3 Å². The van der Waals surface area contributed by atoms with Crippen LogP contribution in [0.4, 0.5) is 0 Å². The summed E-state index contributed by atoms with van der Waals surface area (Å²) in [5, 5.41) is 20.4. The highest BCUT2D eigenvalue weighted by atomic mass is 32.2. The average Bonchev–Trinajstić information content (AvgIpc) is 3.36. The molecule has 2 atom stereocenters. The van der Waals surface area contributed by atoms with Gasteiger partial charge in [0, 0.05) is 17.3 Å². The molecule has 42 heavy (non-hydrogen) atoms. The Hall–Kier alpha value is -2.49. The molecule has 4 bridgehead atoms. The van der Waals surface area contributed by atoms with Gasteiger partial charge in [-0.15, -0.1) is 11.8 Å². The fraction of sp³-hybridized carbons (Fsp3) is 0.750. The fourth-order valence-electron chi connectivity index (χ4n) is 8.26. The molecule has 3 N–H and O–H groups in total. The minimum Gasteiger partial charge on any atom is -0.481 e. The SMILES string of the molecule is CC(C)(COc1noc(C(=O)NC2C3CC4CC(C3)CC2C4)c1SC1CCCCC1)C(=O)N[C@H]1CC=CC[C@H]1C(=O)O. The van der Waals surface area contributed by atoms with E-state index >= 15 is 0 Å². The lowest BCUT2D eigenvalue weighted by molar-refractivity contribution is -0.143. The van der Waals surface area contributed by atoms with E-state index in [1.807, 2.05) is 12.2 Å². The standard InChI is InChI=1S/C32H45N3O6S/c1-32(2,31(39)33-24-11-7-6-10-23(24)30(37)38)17-40-29-27(42-22-8-4-3-5-9-22)26(41-35-29)28(36)34-25-20-13-18-12-19(15-20)16-21(25)14-18/h6-7,18-25H,3-5,8-17H2,1-2H3,(H,33,39)(H,34,36)(H,37,38)/t18?,19?,20?,21?,23-,24+,25?/m1/s1. The second-order valence-electron chi connectivity index (χ2n) is 14.1. The summed E-state index contributed by atoms with van der Waals surface area (Å²) in [5.41, 5.74) is -0.960. The van der Waals surface area contributed by atoms with Crippen molar-refractivity contribution in [3.8, 4) is 5.88 Å². The van der Waals surface area contributed by atoms with Crippen molar-refractivity contribution in [2.75, 3.05) is 6.61 Å². The lowest BCUT2D eigenvalue weighted by Gasteiger charge is -2.54. The van der Waals surface area contributed by atoms with Crippen LogP contribution in [0.2, 0.25) is 0 Å². The Morgan fingerprint density at radius 3 is 2.33 bits per heavy atom. The van der Waals surface area contributed by atoms with Crippen molar-refractivity contribution >= 4 is 29.5 Å². The molecule has 9 nitrogen and oxygen atoms in total. The molecule has 1 aromatic heterocycles. The maximum Gasteiger partial charge on any atom is 0.308 e. The van der Waals surface area contributed by atoms with Gasteiger partial charge in [0.1, 0.15) is 11.5 Å². The number of carbonyl (C=O) groups excluding carboxylic acids is 2. The van der Waals surface area contributed by atoms with Crippen LogP contribution in [-0.4, -0.2) is 52.0 Å². The van der Waals surface area contributed by atoms with Gasteiger partial charge in [0.25, 0.3) is 11.8 Å². The van der Waals surface area contributed by atoms with Crippen LogP contribution in [0.1, 0.15) is 101 Å². The van der Waals surface area contributed by atoms with E-state index < -0.39 is 23.3 Å². The van der Waals surface area contributed by atoms with Crippen molar-refractivity contribution in [3.05, 3.63) is 17.9 Å². The Morgan fingerprint density at radius 1 is 1.00 bits per heavy atom. The first kappa shape index (κ1) is 29.6. The molecule has 0 radical (unpaired) electrons. The highest BCUT2D eigenvalue weighted by molar-refractivity contribution is 8.00. The Bertz CT molecular complexity index is 1180. The first-order chi connectivity index (χ1) is 20.2. The second-order valence-corrected chi connectivity index (χ2v) is 15.4. The van der Waals surface area contributed by atoms with Crippen molar-refractivity contribution in [2.24, 2.45) is 35.0 Å². The minimum absolute atomic E-state index is 0.0144. The van der Waals surface area contributed by atoms with Gasteiger partial charge in [0.15, 0.2) is 0 Å². The Balaban J connectivity index is 1.15. The average molecular weight is 600 g/mol. The normalized spacial score (nSPS) is 32.5. The molecule has 5 fully saturated rings. The Kier molecular flexibility index (Phi) is 8.63. The number of carboxylic acids is 1. The zero-order valence-electron chi connectivity index (χ0n) is 24.8. The van der Waals surface area contributed by atoms with Gasteiger partial charge in [0.2, 0.25) is 11.7 Å². The van der Waals surface area contributed by atoms with E-state index in [4.69, 9.17) is 9.26 Å². The second kappa shape index (κ2) is 12.2. The molecule has 230 valence electrons. The van der Waals surface area contributed by atoms with Gasteiger partial charge >= 0.3 is 5.97 Å². The van der Waals surface area contributed by atoms with E-state index in [2.05, 4.69) is 15.8 Å². The van der Waals surface area contributed by atoms with Crippen molar-refractivity contribution in [1.82, 2.24) is 15.8 Å². The molecular formula is C32H45N3O6S. The highest BCUT2D eigenvalue weighted by Gasteiger charge is 2.49. The monoisotopic (exact) mass is 599 g/mol. The summed E-state index contributed by atoms with van der Waals surface area (Å²) in [4.78, 5) is 39.3. The number of aromatic nitrogens is 1. The summed E-state index contributed by atoms with van der Waals surface area (Å²) in [5.74, 6) is 1.18. The number of aliphatic carboxylic acids is 1. The van der Waals surface area contributed by atoms with Crippen LogP contribution >= 0.6 is 11.8 Å². The summed E-state index contributed by atoms with van der Waals surface area (Å²) >= 11 is 1.62. The number of allylic oxidation sites excluding steroid dienone is 1. The van der Waals surface area contributed by atoms with Crippen LogP contribution < -0.4 is 15.4 Å². The number of amides is 2. The number of rotatable bonds is 10. The van der Waals surface area contributed by atoms with Crippen molar-refractivity contribution < 1.29 is 28.8 Å². The molecule has 0 aliphatic heterocycles. The quantitative estimate of drug-likeness (QED) is 0.297. The van der Waals surface area contributed by atoms with Crippen LogP contribution in [0, 0.1) is 35.0 Å². The summed E-state index contributed by atoms with van der Waals surface area (Å²) in [7, 11) is 0. The number of thioether (sulfide) groups is 1. The number of nitrogens with one attached hydrogen (secondary N) is 2. The van der Waals surface area contributed by atoms with Crippen molar-refractivity contribution in [3.63, 3.8) is 0 Å². The Morgan fingerprint density at radius 2 is 1.67 bits per heavy atom. The molecule has 0 aromatic carbocycles. The molecule has 0 unspecified atom stereocenters. The fourth-order valence-corrected chi connectivity index (χ4v) is 9.60. The lowest BCUT2D eigenvalue weighted by atomic mass is 9.54. The number of carboxylic acid groups (broad SMARTS) is 1. The van der Waals surface area contributed by atoms with E-state index in [1.165, 1.54) is 38.5 Å². The predicted octanol–water partition coefficient (Wildman–Crippen LogP) is 5.59. The van der Waals surface area contributed by atoms with Crippen molar-refractivity contribution in [1.29, 1.82) is 0 Å². The molecule has 1 heterocycles. The zero-order chi connectivity index (χ0) is 29.4. The van der Waals surface area contributed by atoms with Crippen molar-refractivity contribution in [2.45, 2.75) is 113 Å². The van der Waals surface area contributed by atoms with Gasteiger partial charge in [-0.3, -0.25) is 14.4 Å². The summed E-state index contributed by atoms with van der Waals surface area (Å²) in [6.07, 6.45) is 16.6. The zero-order valence-corrected chi connectivity index (χ0v) is 25.6. The lowest BCUT2D eigenvalue weighted by Crippen LogP contribution is -2.55. The van der Waals surface area contributed by atoms with E-state index in [-0.39, 0.29) is 36.1 Å². The van der Waals surface area contributed by atoms with Crippen LogP contribution in [-0.2, 0) is 9.59 Å². The van der Waals surface area contributed by atoms with Crippen LogP contribution in [0.3, 0.4) is 0 Å². The molecule has 0 spiro atoms. The van der Waals surface area contributed by atoms with Gasteiger partial charge in [-0.1, -0.05) is 31.4 Å². The molecule has 6 aliphatic carbocycles. The topological polar surface area (TPSA) is 131 Å². The third kappa shape index (κ3) is 6.24. The molecule has 5 saturated carbocycles.